The van der Waals surface area contributed by atoms with Gasteiger partial charge in [-0.05, 0) is 55.9 Å². The van der Waals surface area contributed by atoms with Crippen LogP contribution in [0.5, 0.6) is 5.75 Å². The highest BCUT2D eigenvalue weighted by molar-refractivity contribution is 9.10. The van der Waals surface area contributed by atoms with Gasteiger partial charge in [-0.15, -0.1) is 0 Å². The molecule has 0 aliphatic rings. The Bertz CT molecular complexity index is 778. The maximum absolute atomic E-state index is 12.7. The number of nitrogens with one attached hydrogen (secondary N) is 2. The zero-order valence-electron chi connectivity index (χ0n) is 15.7. The molecule has 0 bridgehead atoms. The number of thiocarbonyl (C=S) groups is 1. The van der Waals surface area contributed by atoms with Crippen molar-refractivity contribution in [3.63, 3.8) is 0 Å². The van der Waals surface area contributed by atoms with Gasteiger partial charge >= 0.3 is 0 Å². The Morgan fingerprint density at radius 1 is 1.11 bits per heavy atom. The van der Waals surface area contributed by atoms with Crippen LogP contribution >= 0.6 is 28.1 Å². The average molecular weight is 449 g/mol. The molecule has 0 aliphatic heterocycles. The Kier molecular flexibility index (Phi) is 8.75. The molecular weight excluding hydrogens is 424 g/mol. The Labute approximate surface area is 174 Å². The zero-order valence-corrected chi connectivity index (χ0v) is 18.1. The van der Waals surface area contributed by atoms with Crippen molar-refractivity contribution in [2.24, 2.45) is 0 Å². The van der Waals surface area contributed by atoms with E-state index in [2.05, 4.69) is 33.5 Å². The van der Waals surface area contributed by atoms with E-state index >= 15 is 0 Å². The number of aryl methyl sites for hydroxylation is 1. The van der Waals surface area contributed by atoms with Crippen LogP contribution in [0, 0.1) is 6.92 Å². The number of carbonyl (C=O) groups is 1. The Morgan fingerprint density at radius 2 is 1.85 bits per heavy atom. The molecule has 0 atom stereocenters. The van der Waals surface area contributed by atoms with Crippen molar-refractivity contribution in [1.29, 1.82) is 0 Å². The van der Waals surface area contributed by atoms with E-state index in [-0.39, 0.29) is 11.0 Å². The number of unbranched alkanes of at least 4 members (excludes halogenated alkanes) is 3. The third-order valence-corrected chi connectivity index (χ3v) is 4.68. The minimum absolute atomic E-state index is 0.248. The summed E-state index contributed by atoms with van der Waals surface area (Å²) in [5.74, 6) is 0.259. The van der Waals surface area contributed by atoms with E-state index in [0.29, 0.717) is 17.9 Å². The monoisotopic (exact) mass is 448 g/mol. The summed E-state index contributed by atoms with van der Waals surface area (Å²) in [6, 6.07) is 13.2. The van der Waals surface area contributed by atoms with Gasteiger partial charge in [-0.3, -0.25) is 10.1 Å². The van der Waals surface area contributed by atoms with Gasteiger partial charge in [-0.25, -0.2) is 0 Å². The molecular formula is C21H25BrN2O2S. The normalized spacial score (nSPS) is 10.3. The number of benzene rings is 2. The Morgan fingerprint density at radius 3 is 2.56 bits per heavy atom. The molecule has 4 nitrogen and oxygen atoms in total. The zero-order chi connectivity index (χ0) is 19.6. The Balaban J connectivity index is 1.98. The van der Waals surface area contributed by atoms with E-state index in [4.69, 9.17) is 17.0 Å². The van der Waals surface area contributed by atoms with Crippen LogP contribution in [0.15, 0.2) is 46.9 Å². The molecule has 0 radical (unpaired) electrons. The number of anilines is 1. The van der Waals surface area contributed by atoms with Crippen molar-refractivity contribution >= 4 is 44.9 Å². The van der Waals surface area contributed by atoms with Crippen molar-refractivity contribution in [3.8, 4) is 5.75 Å². The fourth-order valence-corrected chi connectivity index (χ4v) is 3.06. The number of hydrogen-bond donors (Lipinski definition) is 2. The molecule has 0 aromatic heterocycles. The fraction of sp³-hybridized carbons (Fsp3) is 0.333. The second kappa shape index (κ2) is 11.0. The van der Waals surface area contributed by atoms with Gasteiger partial charge in [-0.1, -0.05) is 59.8 Å². The van der Waals surface area contributed by atoms with E-state index in [9.17, 15) is 4.79 Å². The summed E-state index contributed by atoms with van der Waals surface area (Å²) >= 11 is 8.67. The molecule has 27 heavy (non-hydrogen) atoms. The molecule has 0 aliphatic carbocycles. The summed E-state index contributed by atoms with van der Waals surface area (Å²) in [5.41, 5.74) is 2.44. The number of amides is 1. The first-order valence-electron chi connectivity index (χ1n) is 9.11. The lowest BCUT2D eigenvalue weighted by molar-refractivity contribution is 0.0973. The van der Waals surface area contributed by atoms with Gasteiger partial charge in [0.2, 0.25) is 0 Å². The van der Waals surface area contributed by atoms with Gasteiger partial charge in [0.15, 0.2) is 5.11 Å². The van der Waals surface area contributed by atoms with Gasteiger partial charge in [0.05, 0.1) is 12.2 Å². The highest BCUT2D eigenvalue weighted by Crippen LogP contribution is 2.24. The molecule has 0 saturated carbocycles. The smallest absolute Gasteiger partial charge is 0.261 e. The van der Waals surface area contributed by atoms with Crippen LogP contribution in [0.2, 0.25) is 0 Å². The third-order valence-electron chi connectivity index (χ3n) is 3.98. The van der Waals surface area contributed by atoms with E-state index < -0.39 is 0 Å². The van der Waals surface area contributed by atoms with E-state index in [1.807, 2.05) is 37.3 Å². The van der Waals surface area contributed by atoms with Crippen LogP contribution in [0.3, 0.4) is 0 Å². The van der Waals surface area contributed by atoms with Gasteiger partial charge < -0.3 is 10.1 Å². The summed E-state index contributed by atoms with van der Waals surface area (Å²) in [7, 11) is 0. The number of hydrogen-bond acceptors (Lipinski definition) is 3. The first-order valence-corrected chi connectivity index (χ1v) is 10.3. The molecule has 0 fully saturated rings. The number of ether oxygens (including phenoxy) is 1. The summed E-state index contributed by atoms with van der Waals surface area (Å²) < 4.78 is 6.64. The minimum atomic E-state index is -0.301. The summed E-state index contributed by atoms with van der Waals surface area (Å²) in [6.45, 7) is 4.78. The second-order valence-corrected chi connectivity index (χ2v) is 7.65. The van der Waals surface area contributed by atoms with Gasteiger partial charge in [0.1, 0.15) is 5.75 Å². The lowest BCUT2D eigenvalue weighted by Crippen LogP contribution is -2.34. The highest BCUT2D eigenvalue weighted by atomic mass is 79.9. The maximum Gasteiger partial charge on any atom is 0.261 e. The Hall–Kier alpha value is -1.92. The van der Waals surface area contributed by atoms with Crippen LogP contribution in [-0.4, -0.2) is 17.6 Å². The molecule has 0 heterocycles. The molecule has 2 aromatic rings. The van der Waals surface area contributed by atoms with Crippen molar-refractivity contribution in [1.82, 2.24) is 5.32 Å². The fourth-order valence-electron chi connectivity index (χ4n) is 2.49. The molecule has 0 unspecified atom stereocenters. The standard InChI is InChI=1S/C21H25BrN2O2S/c1-3-4-5-6-13-26-19-12-9-16(22)14-18(19)20(25)24-21(27)23-17-10-7-15(2)8-11-17/h7-12,14H,3-6,13H2,1-2H3,(H2,23,24,25,27). The van der Waals surface area contributed by atoms with Crippen molar-refractivity contribution in [2.75, 3.05) is 11.9 Å². The highest BCUT2D eigenvalue weighted by Gasteiger charge is 2.15. The summed E-state index contributed by atoms with van der Waals surface area (Å²) in [6.07, 6.45) is 4.46. The van der Waals surface area contributed by atoms with E-state index in [0.717, 1.165) is 28.6 Å². The lowest BCUT2D eigenvalue weighted by atomic mass is 10.2. The molecule has 0 saturated heterocycles. The predicted molar refractivity (Wildman–Crippen MR) is 119 cm³/mol. The van der Waals surface area contributed by atoms with Gasteiger partial charge in [0, 0.05) is 10.2 Å². The molecule has 2 rings (SSSR count). The quantitative estimate of drug-likeness (QED) is 0.393. The van der Waals surface area contributed by atoms with Crippen LogP contribution in [0.4, 0.5) is 5.69 Å². The van der Waals surface area contributed by atoms with Crippen LogP contribution in [0.1, 0.15) is 48.5 Å². The molecule has 2 N–H and O–H groups in total. The molecule has 1 amide bonds. The topological polar surface area (TPSA) is 50.4 Å². The average Bonchev–Trinajstić information content (AvgIpc) is 2.64. The van der Waals surface area contributed by atoms with E-state index in [1.54, 1.807) is 12.1 Å². The molecule has 0 spiro atoms. The van der Waals surface area contributed by atoms with Crippen LogP contribution < -0.4 is 15.4 Å². The minimum Gasteiger partial charge on any atom is -0.493 e. The largest absolute Gasteiger partial charge is 0.493 e. The van der Waals surface area contributed by atoms with Crippen molar-refractivity contribution < 1.29 is 9.53 Å². The SMILES string of the molecule is CCCCCCOc1ccc(Br)cc1C(=O)NC(=S)Nc1ccc(C)cc1. The number of halogens is 1. The lowest BCUT2D eigenvalue weighted by Gasteiger charge is -2.14. The first-order chi connectivity index (χ1) is 13.0. The molecule has 144 valence electrons. The van der Waals surface area contributed by atoms with Crippen molar-refractivity contribution in [2.45, 2.75) is 39.5 Å². The molecule has 2 aromatic carbocycles. The third kappa shape index (κ3) is 7.31. The van der Waals surface area contributed by atoms with Gasteiger partial charge in [-0.2, -0.15) is 0 Å². The van der Waals surface area contributed by atoms with Gasteiger partial charge in [0.25, 0.3) is 5.91 Å². The second-order valence-electron chi connectivity index (χ2n) is 6.32. The summed E-state index contributed by atoms with van der Waals surface area (Å²) in [5, 5.41) is 5.98. The first kappa shape index (κ1) is 21.4. The van der Waals surface area contributed by atoms with Crippen LogP contribution in [-0.2, 0) is 0 Å². The van der Waals surface area contributed by atoms with Crippen molar-refractivity contribution in [3.05, 3.63) is 58.1 Å². The van der Waals surface area contributed by atoms with Crippen LogP contribution in [0.25, 0.3) is 0 Å². The maximum atomic E-state index is 12.7. The summed E-state index contributed by atoms with van der Waals surface area (Å²) in [4.78, 5) is 12.7. The predicted octanol–water partition coefficient (Wildman–Crippen LogP) is 5.84. The number of carbonyl (C=O) groups excluding carboxylic acids is 1. The molecule has 6 heteroatoms. The number of rotatable bonds is 8. The van der Waals surface area contributed by atoms with E-state index in [1.165, 1.54) is 12.8 Å².